The number of carbonyl (C=O) groups excluding carboxylic acids is 1. The molecular formula is C17H18BrNO2. The Labute approximate surface area is 133 Å². The van der Waals surface area contributed by atoms with Crippen LogP contribution in [0, 0.1) is 13.8 Å². The van der Waals surface area contributed by atoms with Crippen molar-refractivity contribution in [1.29, 1.82) is 0 Å². The molecule has 21 heavy (non-hydrogen) atoms. The Balaban J connectivity index is 2.37. The molecule has 1 N–H and O–H groups in total. The summed E-state index contributed by atoms with van der Waals surface area (Å²) in [7, 11) is 1.40. The van der Waals surface area contributed by atoms with Crippen molar-refractivity contribution in [3.8, 4) is 0 Å². The smallest absolute Gasteiger partial charge is 0.332 e. The van der Waals surface area contributed by atoms with Crippen LogP contribution in [-0.2, 0) is 9.53 Å². The fourth-order valence-corrected chi connectivity index (χ4v) is 2.47. The first kappa shape index (κ1) is 15.6. The molecule has 0 fully saturated rings. The molecule has 2 rings (SSSR count). The summed E-state index contributed by atoms with van der Waals surface area (Å²) in [5.41, 5.74) is 3.99. The number of para-hydroxylation sites is 1. The number of hydrogen-bond donors (Lipinski definition) is 1. The average molecular weight is 348 g/mol. The second-order valence-corrected chi connectivity index (χ2v) is 5.78. The Bertz CT molecular complexity index is 655. The number of nitrogens with one attached hydrogen (secondary N) is 1. The summed E-state index contributed by atoms with van der Waals surface area (Å²) in [6.07, 6.45) is 0. The maximum Gasteiger partial charge on any atom is 0.332 e. The number of esters is 1. The molecule has 0 spiro atoms. The van der Waals surface area contributed by atoms with E-state index in [1.165, 1.54) is 7.11 Å². The van der Waals surface area contributed by atoms with E-state index in [-0.39, 0.29) is 5.97 Å². The predicted molar refractivity (Wildman–Crippen MR) is 88.4 cm³/mol. The first-order valence-electron chi connectivity index (χ1n) is 6.69. The van der Waals surface area contributed by atoms with Gasteiger partial charge in [-0.1, -0.05) is 46.3 Å². The Morgan fingerprint density at radius 2 is 1.86 bits per heavy atom. The quantitative estimate of drug-likeness (QED) is 0.833. The van der Waals surface area contributed by atoms with Crippen LogP contribution in [0.4, 0.5) is 5.69 Å². The molecule has 0 aliphatic heterocycles. The van der Waals surface area contributed by atoms with Gasteiger partial charge in [0.25, 0.3) is 0 Å². The van der Waals surface area contributed by atoms with Gasteiger partial charge in [-0.3, -0.25) is 0 Å². The van der Waals surface area contributed by atoms with Gasteiger partial charge in [0.2, 0.25) is 0 Å². The number of aryl methyl sites for hydroxylation is 2. The zero-order valence-electron chi connectivity index (χ0n) is 12.3. The number of methoxy groups -OCH3 is 1. The average Bonchev–Trinajstić information content (AvgIpc) is 2.48. The fourth-order valence-electron chi connectivity index (χ4n) is 2.08. The molecule has 1 atom stereocenters. The predicted octanol–water partition coefficient (Wildman–Crippen LogP) is 4.39. The highest BCUT2D eigenvalue weighted by molar-refractivity contribution is 9.10. The molecule has 0 saturated heterocycles. The zero-order chi connectivity index (χ0) is 15.4. The van der Waals surface area contributed by atoms with E-state index in [2.05, 4.69) is 21.2 Å². The Morgan fingerprint density at radius 3 is 2.48 bits per heavy atom. The molecule has 2 aromatic carbocycles. The molecule has 0 saturated carbocycles. The van der Waals surface area contributed by atoms with Crippen molar-refractivity contribution in [2.75, 3.05) is 12.4 Å². The van der Waals surface area contributed by atoms with Crippen LogP contribution < -0.4 is 5.32 Å². The highest BCUT2D eigenvalue weighted by Crippen LogP contribution is 2.27. The monoisotopic (exact) mass is 347 g/mol. The second-order valence-electron chi connectivity index (χ2n) is 4.92. The molecule has 110 valence electrons. The number of rotatable bonds is 4. The van der Waals surface area contributed by atoms with E-state index in [4.69, 9.17) is 4.74 Å². The van der Waals surface area contributed by atoms with Crippen LogP contribution in [0.15, 0.2) is 46.9 Å². The molecule has 2 aromatic rings. The van der Waals surface area contributed by atoms with Crippen LogP contribution >= 0.6 is 15.9 Å². The van der Waals surface area contributed by atoms with E-state index in [0.717, 1.165) is 26.9 Å². The summed E-state index contributed by atoms with van der Waals surface area (Å²) in [6, 6.07) is 13.2. The second kappa shape index (κ2) is 6.76. The third-order valence-corrected chi connectivity index (χ3v) is 4.27. The van der Waals surface area contributed by atoms with Crippen molar-refractivity contribution in [1.82, 2.24) is 0 Å². The van der Waals surface area contributed by atoms with Crippen molar-refractivity contribution >= 4 is 27.6 Å². The van der Waals surface area contributed by atoms with E-state index < -0.39 is 6.04 Å². The molecule has 0 amide bonds. The Kier molecular flexibility index (Phi) is 5.02. The molecule has 0 aliphatic rings. The van der Waals surface area contributed by atoms with E-state index >= 15 is 0 Å². The minimum absolute atomic E-state index is 0.311. The van der Waals surface area contributed by atoms with Gasteiger partial charge in [0, 0.05) is 10.2 Å². The van der Waals surface area contributed by atoms with E-state index in [1.807, 2.05) is 56.3 Å². The van der Waals surface area contributed by atoms with Gasteiger partial charge >= 0.3 is 5.97 Å². The first-order valence-corrected chi connectivity index (χ1v) is 7.48. The summed E-state index contributed by atoms with van der Waals surface area (Å²) < 4.78 is 5.90. The summed E-state index contributed by atoms with van der Waals surface area (Å²) in [4.78, 5) is 12.1. The molecule has 0 aromatic heterocycles. The van der Waals surface area contributed by atoms with Crippen molar-refractivity contribution in [2.45, 2.75) is 19.9 Å². The lowest BCUT2D eigenvalue weighted by molar-refractivity contribution is -0.141. The van der Waals surface area contributed by atoms with Gasteiger partial charge in [0.15, 0.2) is 6.04 Å². The van der Waals surface area contributed by atoms with Crippen LogP contribution in [0.3, 0.4) is 0 Å². The topological polar surface area (TPSA) is 38.3 Å². The van der Waals surface area contributed by atoms with Gasteiger partial charge in [0.05, 0.1) is 7.11 Å². The van der Waals surface area contributed by atoms with Gasteiger partial charge in [0.1, 0.15) is 0 Å². The Morgan fingerprint density at radius 1 is 1.14 bits per heavy atom. The van der Waals surface area contributed by atoms with Gasteiger partial charge in [-0.25, -0.2) is 4.79 Å². The van der Waals surface area contributed by atoms with Gasteiger partial charge in [-0.15, -0.1) is 0 Å². The SMILES string of the molecule is COC(=O)C(Nc1ccccc1C)c1ccc(C)c(Br)c1. The van der Waals surface area contributed by atoms with Crippen LogP contribution in [0.1, 0.15) is 22.7 Å². The molecule has 3 nitrogen and oxygen atoms in total. The minimum Gasteiger partial charge on any atom is -0.467 e. The number of benzene rings is 2. The summed E-state index contributed by atoms with van der Waals surface area (Å²) in [6.45, 7) is 4.01. The summed E-state index contributed by atoms with van der Waals surface area (Å²) >= 11 is 3.51. The molecular weight excluding hydrogens is 330 g/mol. The standard InChI is InChI=1S/C17H18BrNO2/c1-11-8-9-13(10-14(11)18)16(17(20)21-3)19-15-7-5-4-6-12(15)2/h4-10,16,19H,1-3H3. The van der Waals surface area contributed by atoms with Crippen LogP contribution in [0.5, 0.6) is 0 Å². The van der Waals surface area contributed by atoms with E-state index in [1.54, 1.807) is 0 Å². The lowest BCUT2D eigenvalue weighted by Crippen LogP contribution is -2.22. The molecule has 0 aliphatic carbocycles. The highest BCUT2D eigenvalue weighted by Gasteiger charge is 2.22. The highest BCUT2D eigenvalue weighted by atomic mass is 79.9. The maximum atomic E-state index is 12.1. The molecule has 0 bridgehead atoms. The third kappa shape index (κ3) is 3.64. The largest absolute Gasteiger partial charge is 0.467 e. The van der Waals surface area contributed by atoms with Crippen molar-refractivity contribution in [2.24, 2.45) is 0 Å². The number of ether oxygens (including phenoxy) is 1. The minimum atomic E-state index is -0.534. The fraction of sp³-hybridized carbons (Fsp3) is 0.235. The number of hydrogen-bond acceptors (Lipinski definition) is 3. The van der Waals surface area contributed by atoms with Crippen molar-refractivity contribution < 1.29 is 9.53 Å². The van der Waals surface area contributed by atoms with Crippen LogP contribution in [0.25, 0.3) is 0 Å². The van der Waals surface area contributed by atoms with Gasteiger partial charge in [-0.05, 0) is 42.7 Å². The summed E-state index contributed by atoms with van der Waals surface area (Å²) in [5, 5.41) is 3.27. The normalized spacial score (nSPS) is 11.8. The van der Waals surface area contributed by atoms with Crippen molar-refractivity contribution in [3.05, 3.63) is 63.6 Å². The van der Waals surface area contributed by atoms with E-state index in [9.17, 15) is 4.79 Å². The number of carbonyl (C=O) groups is 1. The number of anilines is 1. The lowest BCUT2D eigenvalue weighted by atomic mass is 10.0. The maximum absolute atomic E-state index is 12.1. The lowest BCUT2D eigenvalue weighted by Gasteiger charge is -2.20. The molecule has 1 unspecified atom stereocenters. The molecule has 4 heteroatoms. The molecule has 0 radical (unpaired) electrons. The van der Waals surface area contributed by atoms with Crippen LogP contribution in [0.2, 0.25) is 0 Å². The summed E-state index contributed by atoms with van der Waals surface area (Å²) in [5.74, 6) is -0.311. The van der Waals surface area contributed by atoms with Crippen molar-refractivity contribution in [3.63, 3.8) is 0 Å². The van der Waals surface area contributed by atoms with E-state index in [0.29, 0.717) is 0 Å². The first-order chi connectivity index (χ1) is 10.0. The zero-order valence-corrected chi connectivity index (χ0v) is 13.9. The van der Waals surface area contributed by atoms with Gasteiger partial charge < -0.3 is 10.1 Å². The molecule has 0 heterocycles. The van der Waals surface area contributed by atoms with Gasteiger partial charge in [-0.2, -0.15) is 0 Å². The Hall–Kier alpha value is -1.81. The van der Waals surface area contributed by atoms with Crippen LogP contribution in [-0.4, -0.2) is 13.1 Å². The number of halogens is 1. The third-order valence-electron chi connectivity index (χ3n) is 3.41.